The number of aliphatic hydroxyl groups excluding tert-OH is 1. The Labute approximate surface area is 241 Å². The van der Waals surface area contributed by atoms with Crippen LogP contribution in [-0.2, 0) is 33.3 Å². The van der Waals surface area contributed by atoms with Gasteiger partial charge in [0.2, 0.25) is 11.8 Å². The molecule has 1 fully saturated rings. The Morgan fingerprint density at radius 3 is 2.59 bits per heavy atom. The van der Waals surface area contributed by atoms with Crippen LogP contribution >= 0.6 is 22.6 Å². The fourth-order valence-electron chi connectivity index (χ4n) is 4.15. The van der Waals surface area contributed by atoms with Crippen molar-refractivity contribution in [2.24, 2.45) is 0 Å². The van der Waals surface area contributed by atoms with Crippen molar-refractivity contribution in [1.29, 1.82) is 0 Å². The van der Waals surface area contributed by atoms with Crippen molar-refractivity contribution in [2.45, 2.75) is 76.4 Å². The lowest BCUT2D eigenvalue weighted by atomic mass is 9.91. The SMILES string of the molecule is CC(C)(C)OC(=O)CC[C@@H](CO)NC(=O)CCNC(=O)C1=C[C@H]2OCO[C@H]2[C@H](OC(=O)c2ccccc2I)C1. The molecule has 1 saturated heterocycles. The first kappa shape index (κ1) is 31.0. The number of halogens is 1. The highest BCUT2D eigenvalue weighted by Gasteiger charge is 2.42. The van der Waals surface area contributed by atoms with Gasteiger partial charge in [0.05, 0.1) is 18.2 Å². The molecule has 11 nitrogen and oxygen atoms in total. The molecule has 0 aromatic heterocycles. The number of benzene rings is 1. The molecule has 2 amide bonds. The number of aliphatic hydroxyl groups is 1. The van der Waals surface area contributed by atoms with Crippen LogP contribution in [0.4, 0.5) is 0 Å². The molecule has 3 rings (SSSR count). The summed E-state index contributed by atoms with van der Waals surface area (Å²) in [6.07, 6.45) is 0.264. The lowest BCUT2D eigenvalue weighted by Crippen LogP contribution is -2.44. The Morgan fingerprint density at radius 2 is 1.90 bits per heavy atom. The minimum absolute atomic E-state index is 0.0256. The number of hydrogen-bond donors (Lipinski definition) is 3. The Morgan fingerprint density at radius 1 is 1.15 bits per heavy atom. The molecular formula is C27H35IN2O9. The van der Waals surface area contributed by atoms with Crippen LogP contribution in [0.15, 0.2) is 35.9 Å². The van der Waals surface area contributed by atoms with E-state index in [0.29, 0.717) is 11.1 Å². The van der Waals surface area contributed by atoms with Gasteiger partial charge >= 0.3 is 11.9 Å². The zero-order valence-electron chi connectivity index (χ0n) is 22.2. The fraction of sp³-hybridized carbons (Fsp3) is 0.556. The van der Waals surface area contributed by atoms with Gasteiger partial charge < -0.3 is 34.7 Å². The maximum Gasteiger partial charge on any atom is 0.339 e. The van der Waals surface area contributed by atoms with Gasteiger partial charge in [-0.15, -0.1) is 0 Å². The van der Waals surface area contributed by atoms with E-state index in [2.05, 4.69) is 33.2 Å². The molecule has 0 bridgehead atoms. The number of amides is 2. The van der Waals surface area contributed by atoms with Crippen LogP contribution in [0.1, 0.15) is 56.8 Å². The summed E-state index contributed by atoms with van der Waals surface area (Å²) in [4.78, 5) is 49.8. The first-order chi connectivity index (χ1) is 18.5. The summed E-state index contributed by atoms with van der Waals surface area (Å²) in [6, 6.07) is 6.43. The quantitative estimate of drug-likeness (QED) is 0.240. The summed E-state index contributed by atoms with van der Waals surface area (Å²) in [5.41, 5.74) is 0.182. The molecule has 0 saturated carbocycles. The first-order valence-electron chi connectivity index (χ1n) is 12.8. The molecule has 2 aliphatic rings. The van der Waals surface area contributed by atoms with Crippen LogP contribution in [0.2, 0.25) is 0 Å². The van der Waals surface area contributed by atoms with Crippen LogP contribution in [0, 0.1) is 3.57 Å². The van der Waals surface area contributed by atoms with Gasteiger partial charge in [0.25, 0.3) is 0 Å². The van der Waals surface area contributed by atoms with Gasteiger partial charge in [-0.25, -0.2) is 4.79 Å². The lowest BCUT2D eigenvalue weighted by molar-refractivity contribution is -0.155. The number of hydrogen-bond acceptors (Lipinski definition) is 9. The number of rotatable bonds is 11. The van der Waals surface area contributed by atoms with Gasteiger partial charge in [0, 0.05) is 35.0 Å². The highest BCUT2D eigenvalue weighted by atomic mass is 127. The van der Waals surface area contributed by atoms with Crippen LogP contribution in [0.5, 0.6) is 0 Å². The first-order valence-corrected chi connectivity index (χ1v) is 13.8. The van der Waals surface area contributed by atoms with Gasteiger partial charge in [-0.1, -0.05) is 12.1 Å². The third kappa shape index (κ3) is 9.55. The number of fused-ring (bicyclic) bond motifs is 1. The molecule has 3 N–H and O–H groups in total. The van der Waals surface area contributed by atoms with Crippen molar-refractivity contribution in [2.75, 3.05) is 19.9 Å². The van der Waals surface area contributed by atoms with E-state index in [1.807, 2.05) is 6.07 Å². The minimum atomic E-state index is -0.717. The second-order valence-electron chi connectivity index (χ2n) is 10.3. The smallest absolute Gasteiger partial charge is 0.339 e. The number of esters is 2. The monoisotopic (exact) mass is 658 g/mol. The fourth-order valence-corrected chi connectivity index (χ4v) is 4.76. The van der Waals surface area contributed by atoms with Crippen LogP contribution in [-0.4, -0.2) is 78.8 Å². The number of ether oxygens (including phenoxy) is 4. The molecule has 1 aromatic carbocycles. The van der Waals surface area contributed by atoms with Crippen LogP contribution in [0.25, 0.3) is 0 Å². The molecule has 1 heterocycles. The standard InChI is InChI=1S/C27H35IN2O9/c1-27(2,3)39-23(33)9-8-17(14-31)30-22(32)10-11-29-25(34)16-12-20-24(37-15-36-20)21(13-16)38-26(35)18-6-4-5-7-19(18)28/h4-7,12,17,20-21,24,31H,8-11,13-15H2,1-3H3,(H,29,34)(H,30,32)/t17-,20+,21+,24+/m0/s1. The van der Waals surface area contributed by atoms with E-state index in [-0.39, 0.29) is 51.5 Å². The molecule has 1 aliphatic carbocycles. The molecule has 4 atom stereocenters. The van der Waals surface area contributed by atoms with E-state index >= 15 is 0 Å². The molecule has 0 spiro atoms. The predicted octanol–water partition coefficient (Wildman–Crippen LogP) is 1.99. The topological polar surface area (TPSA) is 149 Å². The van der Waals surface area contributed by atoms with Crippen molar-refractivity contribution in [3.8, 4) is 0 Å². The van der Waals surface area contributed by atoms with Crippen molar-refractivity contribution in [3.05, 3.63) is 45.0 Å². The average molecular weight is 658 g/mol. The molecular weight excluding hydrogens is 623 g/mol. The van der Waals surface area contributed by atoms with Gasteiger partial charge in [-0.05, 0) is 68.0 Å². The number of carbonyl (C=O) groups is 4. The summed E-state index contributed by atoms with van der Waals surface area (Å²) in [5, 5.41) is 14.9. The third-order valence-electron chi connectivity index (χ3n) is 5.98. The Hall–Kier alpha value is -2.55. The summed E-state index contributed by atoms with van der Waals surface area (Å²) in [6.45, 7) is 5.03. The van der Waals surface area contributed by atoms with Crippen molar-refractivity contribution in [3.63, 3.8) is 0 Å². The summed E-state index contributed by atoms with van der Waals surface area (Å²) < 4.78 is 22.9. The maximum absolute atomic E-state index is 12.9. The van der Waals surface area contributed by atoms with Crippen molar-refractivity contribution in [1.82, 2.24) is 10.6 Å². The number of nitrogens with one attached hydrogen (secondary N) is 2. The lowest BCUT2D eigenvalue weighted by Gasteiger charge is -2.30. The molecule has 1 aliphatic heterocycles. The van der Waals surface area contributed by atoms with E-state index in [0.717, 1.165) is 3.57 Å². The summed E-state index contributed by atoms with van der Waals surface area (Å²) in [5.74, 6) is -1.71. The molecule has 39 heavy (non-hydrogen) atoms. The molecule has 1 aromatic rings. The van der Waals surface area contributed by atoms with E-state index < -0.39 is 47.8 Å². The minimum Gasteiger partial charge on any atom is -0.460 e. The number of carbonyl (C=O) groups excluding carboxylic acids is 4. The normalized spacial score (nSPS) is 21.3. The van der Waals surface area contributed by atoms with Crippen molar-refractivity contribution < 1.29 is 43.2 Å². The average Bonchev–Trinajstić information content (AvgIpc) is 3.34. The van der Waals surface area contributed by atoms with Gasteiger partial charge in [0.15, 0.2) is 0 Å². The van der Waals surface area contributed by atoms with Gasteiger partial charge in [-0.2, -0.15) is 0 Å². The molecule has 0 unspecified atom stereocenters. The van der Waals surface area contributed by atoms with E-state index in [9.17, 15) is 24.3 Å². The molecule has 0 radical (unpaired) electrons. The van der Waals surface area contributed by atoms with Crippen molar-refractivity contribution >= 4 is 46.3 Å². The highest BCUT2D eigenvalue weighted by molar-refractivity contribution is 14.1. The van der Waals surface area contributed by atoms with E-state index in [1.165, 1.54) is 0 Å². The van der Waals surface area contributed by atoms with Crippen LogP contribution in [0.3, 0.4) is 0 Å². The van der Waals surface area contributed by atoms with Gasteiger partial charge in [-0.3, -0.25) is 14.4 Å². The summed E-state index contributed by atoms with van der Waals surface area (Å²) >= 11 is 2.06. The highest BCUT2D eigenvalue weighted by Crippen LogP contribution is 2.31. The zero-order chi connectivity index (χ0) is 28.6. The third-order valence-corrected chi connectivity index (χ3v) is 6.92. The largest absolute Gasteiger partial charge is 0.460 e. The Bertz CT molecular complexity index is 1090. The second-order valence-corrected chi connectivity index (χ2v) is 11.4. The molecule has 12 heteroatoms. The zero-order valence-corrected chi connectivity index (χ0v) is 24.4. The van der Waals surface area contributed by atoms with Crippen LogP contribution < -0.4 is 10.6 Å². The van der Waals surface area contributed by atoms with Gasteiger partial charge in [0.1, 0.15) is 30.7 Å². The summed E-state index contributed by atoms with van der Waals surface area (Å²) in [7, 11) is 0. The second kappa shape index (κ2) is 14.2. The molecule has 214 valence electrons. The van der Waals surface area contributed by atoms with E-state index in [1.54, 1.807) is 45.0 Å². The Balaban J connectivity index is 1.47. The predicted molar refractivity (Wildman–Crippen MR) is 147 cm³/mol. The van der Waals surface area contributed by atoms with E-state index in [4.69, 9.17) is 18.9 Å². The Kier molecular flexibility index (Phi) is 11.3. The maximum atomic E-state index is 12.9.